The second-order valence-corrected chi connectivity index (χ2v) is 7.80. The Hall–Kier alpha value is -3.08. The first-order valence-electron chi connectivity index (χ1n) is 9.12. The quantitative estimate of drug-likeness (QED) is 0.722. The highest BCUT2D eigenvalue weighted by molar-refractivity contribution is 6.00. The number of aryl methyl sites for hydroxylation is 1. The zero-order valence-electron chi connectivity index (χ0n) is 15.7. The minimum atomic E-state index is -0.242. The van der Waals surface area contributed by atoms with Crippen molar-refractivity contribution in [2.75, 3.05) is 5.32 Å². The number of aromatic nitrogens is 1. The van der Waals surface area contributed by atoms with Gasteiger partial charge in [0.1, 0.15) is 0 Å². The van der Waals surface area contributed by atoms with Gasteiger partial charge in [0.2, 0.25) is 0 Å². The highest BCUT2D eigenvalue weighted by atomic mass is 16.2. The van der Waals surface area contributed by atoms with Crippen LogP contribution in [-0.2, 0) is 12.5 Å². The van der Waals surface area contributed by atoms with E-state index in [4.69, 9.17) is 0 Å². The van der Waals surface area contributed by atoms with E-state index in [2.05, 4.69) is 36.6 Å². The number of nitrogens with zero attached hydrogens (tertiary/aromatic N) is 1. The van der Waals surface area contributed by atoms with Gasteiger partial charge in [-0.15, -0.1) is 0 Å². The van der Waals surface area contributed by atoms with Gasteiger partial charge in [0, 0.05) is 18.5 Å². The maximum absolute atomic E-state index is 12.7. The lowest BCUT2D eigenvalue weighted by Crippen LogP contribution is -2.32. The average molecular weight is 361 g/mol. The van der Waals surface area contributed by atoms with Crippen LogP contribution in [-0.4, -0.2) is 10.6 Å². The Balaban J connectivity index is 1.59. The first-order valence-corrected chi connectivity index (χ1v) is 9.12. The predicted molar refractivity (Wildman–Crippen MR) is 108 cm³/mol. The summed E-state index contributed by atoms with van der Waals surface area (Å²) < 4.78 is 1.58. The Morgan fingerprint density at radius 3 is 2.67 bits per heavy atom. The van der Waals surface area contributed by atoms with Crippen LogP contribution in [0.5, 0.6) is 0 Å². The number of pyridine rings is 1. The summed E-state index contributed by atoms with van der Waals surface area (Å²) in [6.07, 6.45) is 0.865. The minimum absolute atomic E-state index is 0.0180. The lowest BCUT2D eigenvalue weighted by atomic mass is 9.86. The maximum atomic E-state index is 12.7. The smallest absolute Gasteiger partial charge is 0.319 e. The summed E-state index contributed by atoms with van der Waals surface area (Å²) in [5, 5.41) is 6.90. The summed E-state index contributed by atoms with van der Waals surface area (Å²) >= 11 is 0. The molecular weight excluding hydrogens is 338 g/mol. The molecule has 4 rings (SSSR count). The number of carbonyl (C=O) groups is 1. The summed E-state index contributed by atoms with van der Waals surface area (Å²) in [5.74, 6) is 0. The minimum Gasteiger partial charge on any atom is -0.331 e. The molecule has 0 saturated heterocycles. The summed E-state index contributed by atoms with van der Waals surface area (Å²) in [6, 6.07) is 16.8. The molecule has 1 aromatic heterocycles. The zero-order chi connectivity index (χ0) is 19.2. The fraction of sp³-hybridized carbons (Fsp3) is 0.273. The van der Waals surface area contributed by atoms with Crippen LogP contribution in [0.4, 0.5) is 10.5 Å². The molecule has 138 valence electrons. The van der Waals surface area contributed by atoms with Crippen molar-refractivity contribution in [1.29, 1.82) is 0 Å². The Morgan fingerprint density at radius 2 is 1.85 bits per heavy atom. The molecule has 3 aromatic rings. The van der Waals surface area contributed by atoms with Crippen molar-refractivity contribution in [3.05, 3.63) is 76.1 Å². The third-order valence-corrected chi connectivity index (χ3v) is 5.50. The summed E-state index contributed by atoms with van der Waals surface area (Å²) in [5.41, 5.74) is 3.90. The normalized spacial score (nSPS) is 17.5. The maximum Gasteiger partial charge on any atom is 0.319 e. The molecule has 0 saturated carbocycles. The first-order chi connectivity index (χ1) is 12.9. The van der Waals surface area contributed by atoms with Crippen LogP contribution in [0.15, 0.2) is 59.4 Å². The molecule has 0 fully saturated rings. The number of fused-ring (bicyclic) bond motifs is 2. The molecule has 1 aliphatic carbocycles. The van der Waals surface area contributed by atoms with E-state index in [1.807, 2.05) is 30.3 Å². The molecule has 1 unspecified atom stereocenters. The lowest BCUT2D eigenvalue weighted by Gasteiger charge is -2.20. The van der Waals surface area contributed by atoms with Gasteiger partial charge in [0.25, 0.3) is 5.56 Å². The van der Waals surface area contributed by atoms with Gasteiger partial charge < -0.3 is 15.2 Å². The van der Waals surface area contributed by atoms with Crippen molar-refractivity contribution in [2.24, 2.45) is 7.05 Å². The van der Waals surface area contributed by atoms with Gasteiger partial charge in [-0.05, 0) is 41.2 Å². The Morgan fingerprint density at radius 1 is 1.07 bits per heavy atom. The number of rotatable bonds is 2. The van der Waals surface area contributed by atoms with Gasteiger partial charge in [0.15, 0.2) is 0 Å². The monoisotopic (exact) mass is 361 g/mol. The SMILES string of the molecule is Cn1c(=O)ccc2c(NC(=O)NC3CC(C)(C)c4ccccc43)cccc21. The van der Waals surface area contributed by atoms with Crippen LogP contribution in [0.2, 0.25) is 0 Å². The molecule has 0 bridgehead atoms. The summed E-state index contributed by atoms with van der Waals surface area (Å²) in [4.78, 5) is 24.5. The van der Waals surface area contributed by atoms with Gasteiger partial charge in [-0.1, -0.05) is 44.2 Å². The molecule has 1 heterocycles. The van der Waals surface area contributed by atoms with Crippen LogP contribution in [0.3, 0.4) is 0 Å². The van der Waals surface area contributed by atoms with Crippen LogP contribution < -0.4 is 16.2 Å². The number of benzene rings is 2. The third-order valence-electron chi connectivity index (χ3n) is 5.50. The highest BCUT2D eigenvalue weighted by Gasteiger charge is 2.37. The fourth-order valence-corrected chi connectivity index (χ4v) is 4.11. The summed E-state index contributed by atoms with van der Waals surface area (Å²) in [6.45, 7) is 4.41. The van der Waals surface area contributed by atoms with E-state index >= 15 is 0 Å². The summed E-state index contributed by atoms with van der Waals surface area (Å²) in [7, 11) is 1.73. The number of hydrogen-bond donors (Lipinski definition) is 2. The molecular formula is C22H23N3O2. The van der Waals surface area contributed by atoms with Crippen molar-refractivity contribution in [1.82, 2.24) is 9.88 Å². The standard InChI is InChI=1S/C22H23N3O2/c1-22(2)13-18(14-7-4-5-8-16(14)22)24-21(27)23-17-9-6-10-19-15(17)11-12-20(26)25(19)3/h4-12,18H,13H2,1-3H3,(H2,23,24,27). The number of amides is 2. The predicted octanol–water partition coefficient (Wildman–Crippen LogP) is 4.08. The highest BCUT2D eigenvalue weighted by Crippen LogP contribution is 2.44. The van der Waals surface area contributed by atoms with Crippen LogP contribution in [0, 0.1) is 0 Å². The van der Waals surface area contributed by atoms with E-state index in [0.29, 0.717) is 5.69 Å². The number of anilines is 1. The van der Waals surface area contributed by atoms with Crippen molar-refractivity contribution in [3.63, 3.8) is 0 Å². The molecule has 1 aliphatic rings. The molecule has 27 heavy (non-hydrogen) atoms. The molecule has 1 atom stereocenters. The van der Waals surface area contributed by atoms with Crippen LogP contribution in [0.25, 0.3) is 10.9 Å². The number of nitrogens with one attached hydrogen (secondary N) is 2. The van der Waals surface area contributed by atoms with E-state index in [0.717, 1.165) is 17.3 Å². The molecule has 0 aliphatic heterocycles. The van der Waals surface area contributed by atoms with Gasteiger partial charge in [-0.2, -0.15) is 0 Å². The van der Waals surface area contributed by atoms with Crippen molar-refractivity contribution in [2.45, 2.75) is 31.7 Å². The van der Waals surface area contributed by atoms with Crippen molar-refractivity contribution < 1.29 is 4.79 Å². The van der Waals surface area contributed by atoms with E-state index in [1.54, 1.807) is 17.7 Å². The molecule has 2 aromatic carbocycles. The van der Waals surface area contributed by atoms with Crippen LogP contribution in [0.1, 0.15) is 37.4 Å². The number of carbonyl (C=O) groups excluding carboxylic acids is 1. The van der Waals surface area contributed by atoms with E-state index in [1.165, 1.54) is 17.2 Å². The first kappa shape index (κ1) is 17.3. The Bertz CT molecular complexity index is 1100. The number of urea groups is 1. The second-order valence-electron chi connectivity index (χ2n) is 7.80. The van der Waals surface area contributed by atoms with Crippen molar-refractivity contribution in [3.8, 4) is 0 Å². The van der Waals surface area contributed by atoms with Gasteiger partial charge in [-0.25, -0.2) is 4.79 Å². The van der Waals surface area contributed by atoms with Gasteiger partial charge in [0.05, 0.1) is 17.2 Å². The topological polar surface area (TPSA) is 63.1 Å². The largest absolute Gasteiger partial charge is 0.331 e. The molecule has 5 nitrogen and oxygen atoms in total. The number of hydrogen-bond acceptors (Lipinski definition) is 2. The zero-order valence-corrected chi connectivity index (χ0v) is 15.7. The average Bonchev–Trinajstić information content (AvgIpc) is 2.89. The molecule has 0 spiro atoms. The van der Waals surface area contributed by atoms with Crippen molar-refractivity contribution >= 4 is 22.6 Å². The lowest BCUT2D eigenvalue weighted by molar-refractivity contribution is 0.247. The van der Waals surface area contributed by atoms with E-state index in [9.17, 15) is 9.59 Å². The molecule has 0 radical (unpaired) electrons. The van der Waals surface area contributed by atoms with Gasteiger partial charge in [-0.3, -0.25) is 4.79 Å². The van der Waals surface area contributed by atoms with Crippen LogP contribution >= 0.6 is 0 Å². The Kier molecular flexibility index (Phi) is 4.02. The fourth-order valence-electron chi connectivity index (χ4n) is 4.11. The van der Waals surface area contributed by atoms with E-state index in [-0.39, 0.29) is 23.0 Å². The van der Waals surface area contributed by atoms with E-state index < -0.39 is 0 Å². The Labute approximate surface area is 158 Å². The third kappa shape index (κ3) is 2.99. The molecule has 2 amide bonds. The molecule has 2 N–H and O–H groups in total. The van der Waals surface area contributed by atoms with Gasteiger partial charge >= 0.3 is 6.03 Å². The second kappa shape index (κ2) is 6.27. The molecule has 5 heteroatoms.